The van der Waals surface area contributed by atoms with Gasteiger partial charge in [0.1, 0.15) is 0 Å². The summed E-state index contributed by atoms with van der Waals surface area (Å²) < 4.78 is 13.6. The lowest BCUT2D eigenvalue weighted by Crippen LogP contribution is -2.45. The van der Waals surface area contributed by atoms with Crippen molar-refractivity contribution < 1.29 is 9.50 Å². The molecule has 0 spiro atoms. The summed E-state index contributed by atoms with van der Waals surface area (Å²) in [6.07, 6.45) is 3.59. The van der Waals surface area contributed by atoms with E-state index in [-0.39, 0.29) is 24.2 Å². The van der Waals surface area contributed by atoms with Crippen molar-refractivity contribution in [2.75, 3.05) is 26.2 Å². The molecule has 3 nitrogen and oxygen atoms in total. The van der Waals surface area contributed by atoms with E-state index in [0.29, 0.717) is 0 Å². The van der Waals surface area contributed by atoms with E-state index in [4.69, 9.17) is 0 Å². The van der Waals surface area contributed by atoms with E-state index in [1.807, 2.05) is 6.07 Å². The first-order valence-corrected chi connectivity index (χ1v) is 7.18. The van der Waals surface area contributed by atoms with Gasteiger partial charge in [-0.1, -0.05) is 25.0 Å². The van der Waals surface area contributed by atoms with Gasteiger partial charge in [0.15, 0.2) is 11.6 Å². The minimum atomic E-state index is -0.506. The number of rotatable bonds is 4. The van der Waals surface area contributed by atoms with Gasteiger partial charge >= 0.3 is 0 Å². The second-order valence-electron chi connectivity index (χ2n) is 5.66. The van der Waals surface area contributed by atoms with Gasteiger partial charge in [-0.05, 0) is 18.4 Å². The van der Waals surface area contributed by atoms with Crippen LogP contribution in [0.4, 0.5) is 4.39 Å². The van der Waals surface area contributed by atoms with Gasteiger partial charge in [-0.15, -0.1) is 12.4 Å². The normalized spacial score (nSPS) is 21.2. The Morgan fingerprint density at radius 3 is 2.65 bits per heavy atom. The Balaban J connectivity index is 0.00000147. The van der Waals surface area contributed by atoms with E-state index in [1.165, 1.54) is 18.9 Å². The summed E-state index contributed by atoms with van der Waals surface area (Å²) >= 11 is 0. The third-order valence-corrected chi connectivity index (χ3v) is 4.22. The number of phenols is 1. The highest BCUT2D eigenvalue weighted by molar-refractivity contribution is 5.85. The monoisotopic (exact) mass is 300 g/mol. The fraction of sp³-hybridized carbons (Fsp3) is 0.600. The molecule has 2 fully saturated rings. The Hall–Kier alpha value is -0.840. The average molecular weight is 301 g/mol. The highest BCUT2D eigenvalue weighted by Gasteiger charge is 2.32. The summed E-state index contributed by atoms with van der Waals surface area (Å²) in [4.78, 5) is 2.38. The molecule has 1 aromatic rings. The molecule has 2 N–H and O–H groups in total. The predicted molar refractivity (Wildman–Crippen MR) is 79.8 cm³/mol. The SMILES string of the molecule is Cl.Oc1c(F)cccc1[C@H](CC1CC1)N1CCNCC1. The lowest BCUT2D eigenvalue weighted by Gasteiger charge is -2.35. The summed E-state index contributed by atoms with van der Waals surface area (Å²) in [7, 11) is 0. The van der Waals surface area contributed by atoms with E-state index >= 15 is 0 Å². The molecule has 0 aromatic heterocycles. The van der Waals surface area contributed by atoms with Gasteiger partial charge in [-0.2, -0.15) is 0 Å². The molecule has 1 aliphatic carbocycles. The maximum absolute atomic E-state index is 13.6. The number of hydrogen-bond acceptors (Lipinski definition) is 3. The third kappa shape index (κ3) is 3.43. The van der Waals surface area contributed by atoms with Crippen molar-refractivity contribution in [1.29, 1.82) is 0 Å². The van der Waals surface area contributed by atoms with Gasteiger partial charge in [-0.3, -0.25) is 4.90 Å². The predicted octanol–water partition coefficient (Wildman–Crippen LogP) is 2.70. The van der Waals surface area contributed by atoms with Crippen molar-refractivity contribution in [2.24, 2.45) is 5.92 Å². The molecule has 1 saturated heterocycles. The second kappa shape index (κ2) is 6.74. The molecule has 2 aliphatic rings. The number of para-hydroxylation sites is 1. The maximum Gasteiger partial charge on any atom is 0.165 e. The molecule has 1 aromatic carbocycles. The third-order valence-electron chi connectivity index (χ3n) is 4.22. The molecule has 0 bridgehead atoms. The molecule has 5 heteroatoms. The van der Waals surface area contributed by atoms with Crippen LogP contribution in [0.1, 0.15) is 30.9 Å². The summed E-state index contributed by atoms with van der Waals surface area (Å²) in [5, 5.41) is 13.4. The maximum atomic E-state index is 13.6. The van der Waals surface area contributed by atoms with Crippen LogP contribution in [0.15, 0.2) is 18.2 Å². The van der Waals surface area contributed by atoms with Crippen LogP contribution in [0, 0.1) is 11.7 Å². The molecular formula is C15H22ClFN2O. The second-order valence-corrected chi connectivity index (χ2v) is 5.66. The van der Waals surface area contributed by atoms with Crippen LogP contribution in [0.25, 0.3) is 0 Å². The number of phenolic OH excluding ortho intramolecular Hbond substituents is 1. The number of aromatic hydroxyl groups is 1. The molecule has 1 aliphatic heterocycles. The highest BCUT2D eigenvalue weighted by Crippen LogP contribution is 2.42. The first kappa shape index (κ1) is 15.5. The summed E-state index contributed by atoms with van der Waals surface area (Å²) in [5.41, 5.74) is 0.758. The minimum Gasteiger partial charge on any atom is -0.505 e. The van der Waals surface area contributed by atoms with Crippen molar-refractivity contribution >= 4 is 12.4 Å². The van der Waals surface area contributed by atoms with Crippen molar-refractivity contribution in [3.8, 4) is 5.75 Å². The Labute approximate surface area is 125 Å². The van der Waals surface area contributed by atoms with Gasteiger partial charge in [0.25, 0.3) is 0 Å². The van der Waals surface area contributed by atoms with Crippen LogP contribution in [0.2, 0.25) is 0 Å². The number of hydrogen-bond donors (Lipinski definition) is 2. The van der Waals surface area contributed by atoms with Crippen molar-refractivity contribution in [3.63, 3.8) is 0 Å². The van der Waals surface area contributed by atoms with Gasteiger partial charge in [0.2, 0.25) is 0 Å². The summed E-state index contributed by atoms with van der Waals surface area (Å²) in [5.74, 6) is 0.0858. The number of benzene rings is 1. The minimum absolute atomic E-state index is 0. The van der Waals surface area contributed by atoms with Crippen LogP contribution in [-0.4, -0.2) is 36.2 Å². The molecule has 3 rings (SSSR count). The molecule has 112 valence electrons. The molecule has 1 saturated carbocycles. The quantitative estimate of drug-likeness (QED) is 0.897. The van der Waals surface area contributed by atoms with Crippen molar-refractivity contribution in [2.45, 2.75) is 25.3 Å². The van der Waals surface area contributed by atoms with E-state index in [1.54, 1.807) is 6.07 Å². The van der Waals surface area contributed by atoms with E-state index < -0.39 is 5.82 Å². The average Bonchev–Trinajstić information content (AvgIpc) is 3.25. The molecule has 0 radical (unpaired) electrons. The smallest absolute Gasteiger partial charge is 0.165 e. The number of nitrogens with zero attached hydrogens (tertiary/aromatic N) is 1. The first-order chi connectivity index (χ1) is 9.25. The lowest BCUT2D eigenvalue weighted by molar-refractivity contribution is 0.157. The Kier molecular flexibility index (Phi) is 5.24. The zero-order chi connectivity index (χ0) is 13.2. The highest BCUT2D eigenvalue weighted by atomic mass is 35.5. The largest absolute Gasteiger partial charge is 0.505 e. The van der Waals surface area contributed by atoms with Gasteiger partial charge in [0, 0.05) is 37.8 Å². The zero-order valence-corrected chi connectivity index (χ0v) is 12.3. The van der Waals surface area contributed by atoms with Crippen molar-refractivity contribution in [1.82, 2.24) is 10.2 Å². The van der Waals surface area contributed by atoms with E-state index in [0.717, 1.165) is 44.1 Å². The van der Waals surface area contributed by atoms with Crippen LogP contribution >= 0.6 is 12.4 Å². The van der Waals surface area contributed by atoms with E-state index in [9.17, 15) is 9.50 Å². The van der Waals surface area contributed by atoms with Crippen molar-refractivity contribution in [3.05, 3.63) is 29.6 Å². The molecule has 20 heavy (non-hydrogen) atoms. The lowest BCUT2D eigenvalue weighted by atomic mass is 9.97. The van der Waals surface area contributed by atoms with Gasteiger partial charge < -0.3 is 10.4 Å². The fourth-order valence-electron chi connectivity index (χ4n) is 2.94. The summed E-state index contributed by atoms with van der Waals surface area (Å²) in [6.45, 7) is 3.87. The zero-order valence-electron chi connectivity index (χ0n) is 11.5. The topological polar surface area (TPSA) is 35.5 Å². The number of piperazine rings is 1. The Morgan fingerprint density at radius 1 is 1.30 bits per heavy atom. The molecular weight excluding hydrogens is 279 g/mol. The molecule has 1 heterocycles. The van der Waals surface area contributed by atoms with Crippen LogP contribution in [0.3, 0.4) is 0 Å². The molecule has 1 atom stereocenters. The standard InChI is InChI=1S/C15H21FN2O.ClH/c16-13-3-1-2-12(15(13)19)14(10-11-4-5-11)18-8-6-17-7-9-18;/h1-3,11,14,17,19H,4-10H2;1H/t14-;/m0./s1. The summed E-state index contributed by atoms with van der Waals surface area (Å²) in [6, 6.07) is 5.05. The first-order valence-electron chi connectivity index (χ1n) is 7.18. The molecule has 0 amide bonds. The Bertz CT molecular complexity index is 447. The molecule has 0 unspecified atom stereocenters. The Morgan fingerprint density at radius 2 is 2.00 bits per heavy atom. The van der Waals surface area contributed by atoms with E-state index in [2.05, 4.69) is 10.2 Å². The number of nitrogens with one attached hydrogen (secondary N) is 1. The van der Waals surface area contributed by atoms with Gasteiger partial charge in [-0.25, -0.2) is 4.39 Å². The van der Waals surface area contributed by atoms with Crippen LogP contribution in [0.5, 0.6) is 5.75 Å². The van der Waals surface area contributed by atoms with Crippen LogP contribution in [-0.2, 0) is 0 Å². The van der Waals surface area contributed by atoms with Crippen LogP contribution < -0.4 is 5.32 Å². The number of halogens is 2. The van der Waals surface area contributed by atoms with Gasteiger partial charge in [0.05, 0.1) is 0 Å². The fourth-order valence-corrected chi connectivity index (χ4v) is 2.94.